The quantitative estimate of drug-likeness (QED) is 0.311. The number of carbonyl (C=O) groups excluding carboxylic acids is 3. The van der Waals surface area contributed by atoms with E-state index in [0.717, 1.165) is 5.56 Å². The number of aliphatic carboxylic acids is 1. The van der Waals surface area contributed by atoms with Gasteiger partial charge in [0.05, 0.1) is 0 Å². The maximum absolute atomic E-state index is 13.8. The summed E-state index contributed by atoms with van der Waals surface area (Å²) in [5.41, 5.74) is 2.78. The summed E-state index contributed by atoms with van der Waals surface area (Å²) in [6, 6.07) is 4.49. The lowest BCUT2D eigenvalue weighted by Gasteiger charge is -2.43. The van der Waals surface area contributed by atoms with Gasteiger partial charge in [0.25, 0.3) is 5.91 Å². The summed E-state index contributed by atoms with van der Waals surface area (Å²) in [5, 5.41) is 16.2. The minimum Gasteiger partial charge on any atom is -0.480 e. The second-order valence-electron chi connectivity index (χ2n) is 13.4. The molecule has 1 aliphatic heterocycles. The number of nitrogens with one attached hydrogen (secondary N) is 3. The average Bonchev–Trinajstić information content (AvgIpc) is 2.84. The molecule has 1 aliphatic rings. The summed E-state index contributed by atoms with van der Waals surface area (Å²) in [6.07, 6.45) is 4.46. The van der Waals surface area contributed by atoms with Crippen molar-refractivity contribution in [1.82, 2.24) is 21.1 Å². The fourth-order valence-electron chi connectivity index (χ4n) is 4.07. The summed E-state index contributed by atoms with van der Waals surface area (Å²) in [5.74, 6) is -1.72. The number of carboxylic acids is 1. The molecule has 0 aliphatic carbocycles. The molecule has 3 atom stereocenters. The Hall–Kier alpha value is -2.99. The molecule has 0 radical (unpaired) electrons. The molecule has 1 heterocycles. The van der Waals surface area contributed by atoms with Crippen molar-refractivity contribution in [2.45, 2.75) is 103 Å². The first-order valence-electron chi connectivity index (χ1n) is 14.3. The van der Waals surface area contributed by atoms with Gasteiger partial charge in [-0.15, -0.1) is 0 Å². The highest BCUT2D eigenvalue weighted by Crippen LogP contribution is 2.53. The van der Waals surface area contributed by atoms with Gasteiger partial charge in [0, 0.05) is 17.7 Å². The Balaban J connectivity index is 2.35. The van der Waals surface area contributed by atoms with Crippen molar-refractivity contribution in [3.05, 3.63) is 29.8 Å². The predicted molar refractivity (Wildman–Crippen MR) is 165 cm³/mol. The van der Waals surface area contributed by atoms with Gasteiger partial charge >= 0.3 is 12.1 Å². The van der Waals surface area contributed by atoms with Gasteiger partial charge in [0.15, 0.2) is 0 Å². The second-order valence-corrected chi connectivity index (χ2v) is 17.2. The first-order chi connectivity index (χ1) is 19.2. The maximum atomic E-state index is 13.8. The van der Waals surface area contributed by atoms with Crippen LogP contribution in [0, 0.1) is 5.92 Å². The summed E-state index contributed by atoms with van der Waals surface area (Å²) >= 11 is 0. The summed E-state index contributed by atoms with van der Waals surface area (Å²) in [4.78, 5) is 51.4. The molecule has 4 N–H and O–H groups in total. The number of carboxylic acid groups (broad SMARTS) is 1. The third-order valence-electron chi connectivity index (χ3n) is 7.10. The highest BCUT2D eigenvalue weighted by atomic mass is 32.3. The third kappa shape index (κ3) is 10.4. The summed E-state index contributed by atoms with van der Waals surface area (Å²) < 4.78 is 11.7. The Morgan fingerprint density at radius 3 is 2.29 bits per heavy atom. The lowest BCUT2D eigenvalue weighted by atomic mass is 10.0. The molecule has 0 spiro atoms. The molecular weight excluding hydrogens is 560 g/mol. The number of hydrazine groups is 1. The zero-order valence-corrected chi connectivity index (χ0v) is 27.5. The molecule has 1 fully saturated rings. The molecule has 0 aromatic heterocycles. The molecule has 0 saturated carbocycles. The number of hydrogen-bond donors (Lipinski definition) is 4. The number of alkyl carbamates (subject to hydrolysis) is 1. The van der Waals surface area contributed by atoms with Gasteiger partial charge in [-0.3, -0.25) is 19.4 Å². The minimum atomic E-state index is -1.47. The first kappa shape index (κ1) is 35.2. The largest absolute Gasteiger partial charge is 0.480 e. The van der Waals surface area contributed by atoms with E-state index in [2.05, 4.69) is 49.3 Å². The van der Waals surface area contributed by atoms with E-state index in [0.29, 0.717) is 25.1 Å². The fraction of sp³-hybridized carbons (Fsp3) is 0.667. The van der Waals surface area contributed by atoms with E-state index in [-0.39, 0.29) is 17.1 Å². The fourth-order valence-corrected chi connectivity index (χ4v) is 4.90. The summed E-state index contributed by atoms with van der Waals surface area (Å²) in [7, 11) is -1.47. The van der Waals surface area contributed by atoms with Gasteiger partial charge in [-0.1, -0.05) is 36.3 Å². The Morgan fingerprint density at radius 2 is 1.74 bits per heavy atom. The molecular formula is C30H50N4O7S. The van der Waals surface area contributed by atoms with Crippen molar-refractivity contribution < 1.29 is 33.2 Å². The standard InChI is InChI=1S/C30H50N4O7S/c1-19(2)24(32-28(39)40-29(3,4)5)25(35)31-23(26(36)34-16-12-15-22(33-34)27(37)38)18-20-13-11-14-21(17-20)41-42(9,10)30(6,7)8/h11,13-14,17,19,22-24,33H,12,15-16,18H2,1-10H3,(H,31,35)(H,32,39)(H,37,38). The Bertz CT molecular complexity index is 1130. The topological polar surface area (TPSA) is 146 Å². The van der Waals surface area contributed by atoms with E-state index < -0.39 is 57.9 Å². The molecule has 1 saturated heterocycles. The predicted octanol–water partition coefficient (Wildman–Crippen LogP) is 4.00. The van der Waals surface area contributed by atoms with Gasteiger partial charge in [-0.05, 0) is 90.5 Å². The SMILES string of the molecule is CC(C)C(NC(=O)OC(C)(C)C)C(=O)NC(Cc1cccc(OS(C)(C)C(C)(C)C)c1)C(=O)N1CCCC(C(=O)O)N1. The van der Waals surface area contributed by atoms with Gasteiger partial charge in [0.2, 0.25) is 5.91 Å². The van der Waals surface area contributed by atoms with E-state index >= 15 is 0 Å². The zero-order valence-electron chi connectivity index (χ0n) is 26.7. The average molecular weight is 611 g/mol. The van der Waals surface area contributed by atoms with Crippen molar-refractivity contribution in [2.75, 3.05) is 19.1 Å². The van der Waals surface area contributed by atoms with Crippen molar-refractivity contribution in [1.29, 1.82) is 0 Å². The number of hydrogen-bond acceptors (Lipinski definition) is 7. The molecule has 1 aromatic rings. The monoisotopic (exact) mass is 610 g/mol. The van der Waals surface area contributed by atoms with Crippen LogP contribution in [-0.2, 0) is 25.5 Å². The highest BCUT2D eigenvalue weighted by molar-refractivity contribution is 8.30. The van der Waals surface area contributed by atoms with Gasteiger partial charge in [0.1, 0.15) is 29.5 Å². The number of ether oxygens (including phenoxy) is 1. The van der Waals surface area contributed by atoms with Crippen LogP contribution < -0.4 is 20.2 Å². The van der Waals surface area contributed by atoms with Crippen LogP contribution in [0.3, 0.4) is 0 Å². The third-order valence-corrected chi connectivity index (χ3v) is 10.7. The van der Waals surface area contributed by atoms with Crippen LogP contribution in [0.1, 0.15) is 73.8 Å². The van der Waals surface area contributed by atoms with Crippen molar-refractivity contribution >= 4 is 34.2 Å². The van der Waals surface area contributed by atoms with E-state index in [1.807, 2.05) is 24.3 Å². The molecule has 1 aromatic carbocycles. The van der Waals surface area contributed by atoms with Gasteiger partial charge < -0.3 is 24.7 Å². The molecule has 12 heteroatoms. The number of amides is 3. The number of nitrogens with zero attached hydrogens (tertiary/aromatic N) is 1. The molecule has 42 heavy (non-hydrogen) atoms. The Kier molecular flexibility index (Phi) is 11.7. The smallest absolute Gasteiger partial charge is 0.408 e. The number of benzene rings is 1. The van der Waals surface area contributed by atoms with E-state index in [4.69, 9.17) is 8.92 Å². The van der Waals surface area contributed by atoms with Crippen LogP contribution in [-0.4, -0.2) is 81.5 Å². The second kappa shape index (κ2) is 14.0. The summed E-state index contributed by atoms with van der Waals surface area (Å²) in [6.45, 7) is 15.4. The van der Waals surface area contributed by atoms with Crippen LogP contribution in [0.2, 0.25) is 0 Å². The lowest BCUT2D eigenvalue weighted by Crippen LogP contribution is -2.62. The molecule has 0 bridgehead atoms. The molecule has 11 nitrogen and oxygen atoms in total. The minimum absolute atomic E-state index is 0.0664. The van der Waals surface area contributed by atoms with Gasteiger partial charge in [-0.25, -0.2) is 10.2 Å². The zero-order chi connectivity index (χ0) is 32.0. The lowest BCUT2D eigenvalue weighted by molar-refractivity contribution is -0.148. The van der Waals surface area contributed by atoms with Crippen molar-refractivity contribution in [3.8, 4) is 5.75 Å². The van der Waals surface area contributed by atoms with Crippen LogP contribution in [0.5, 0.6) is 5.75 Å². The van der Waals surface area contributed by atoms with Crippen LogP contribution in [0.15, 0.2) is 24.3 Å². The Morgan fingerprint density at radius 1 is 1.10 bits per heavy atom. The van der Waals surface area contributed by atoms with E-state index in [1.54, 1.807) is 34.6 Å². The van der Waals surface area contributed by atoms with Crippen LogP contribution in [0.25, 0.3) is 0 Å². The first-order valence-corrected chi connectivity index (χ1v) is 16.7. The van der Waals surface area contributed by atoms with Crippen LogP contribution >= 0.6 is 10.3 Å². The normalized spacial score (nSPS) is 18.1. The number of carbonyl (C=O) groups is 4. The molecule has 3 amide bonds. The van der Waals surface area contributed by atoms with E-state index in [1.165, 1.54) is 5.01 Å². The van der Waals surface area contributed by atoms with Gasteiger partial charge in [-0.2, -0.15) is 0 Å². The van der Waals surface area contributed by atoms with E-state index in [9.17, 15) is 24.3 Å². The molecule has 238 valence electrons. The van der Waals surface area contributed by atoms with Crippen molar-refractivity contribution in [3.63, 3.8) is 0 Å². The maximum Gasteiger partial charge on any atom is 0.408 e. The molecule has 2 rings (SSSR count). The van der Waals surface area contributed by atoms with Crippen LogP contribution in [0.4, 0.5) is 4.79 Å². The Labute approximate surface area is 251 Å². The van der Waals surface area contributed by atoms with Crippen molar-refractivity contribution in [2.24, 2.45) is 5.92 Å². The highest BCUT2D eigenvalue weighted by Gasteiger charge is 2.35. The number of rotatable bonds is 10. The molecule has 3 unspecified atom stereocenters.